The molecular weight excluding hydrogens is 328 g/mol. The van der Waals surface area contributed by atoms with E-state index in [4.69, 9.17) is 0 Å². The fourth-order valence-corrected chi connectivity index (χ4v) is 2.61. The molecule has 106 valence electrons. The molecule has 0 fully saturated rings. The molecule has 0 amide bonds. The van der Waals surface area contributed by atoms with Gasteiger partial charge < -0.3 is 9.88 Å². The molecule has 0 spiro atoms. The van der Waals surface area contributed by atoms with E-state index in [0.717, 1.165) is 28.1 Å². The monoisotopic (exact) mass is 342 g/mol. The second kappa shape index (κ2) is 6.10. The van der Waals surface area contributed by atoms with Gasteiger partial charge in [-0.25, -0.2) is 0 Å². The molecule has 5 heteroatoms. The molecule has 0 atom stereocenters. The Morgan fingerprint density at radius 1 is 1.14 bits per heavy atom. The Bertz CT molecular complexity index is 751. The van der Waals surface area contributed by atoms with Crippen molar-refractivity contribution in [2.45, 2.75) is 6.54 Å². The van der Waals surface area contributed by atoms with Crippen molar-refractivity contribution < 1.29 is 0 Å². The van der Waals surface area contributed by atoms with Crippen LogP contribution in [0.1, 0.15) is 5.56 Å². The minimum atomic E-state index is 0.779. The highest BCUT2D eigenvalue weighted by molar-refractivity contribution is 9.10. The van der Waals surface area contributed by atoms with Crippen LogP contribution in [0.4, 0.5) is 5.69 Å². The van der Waals surface area contributed by atoms with Crippen LogP contribution in [-0.4, -0.2) is 14.8 Å². The molecule has 1 aromatic heterocycles. The molecule has 0 aliphatic heterocycles. The maximum absolute atomic E-state index is 4.14. The lowest BCUT2D eigenvalue weighted by Crippen LogP contribution is -2.00. The first kappa shape index (κ1) is 13.8. The minimum absolute atomic E-state index is 0.779. The highest BCUT2D eigenvalue weighted by Gasteiger charge is 2.05. The normalized spacial score (nSPS) is 10.6. The number of hydrogen-bond donors (Lipinski definition) is 1. The Balaban J connectivity index is 1.76. The zero-order chi connectivity index (χ0) is 14.7. The summed E-state index contributed by atoms with van der Waals surface area (Å²) in [5, 5.41) is 11.5. The summed E-state index contributed by atoms with van der Waals surface area (Å²) < 4.78 is 3.00. The average molecular weight is 343 g/mol. The van der Waals surface area contributed by atoms with Gasteiger partial charge in [-0.1, -0.05) is 40.2 Å². The summed E-state index contributed by atoms with van der Waals surface area (Å²) in [5.74, 6) is 0.862. The number of aromatic nitrogens is 3. The van der Waals surface area contributed by atoms with Gasteiger partial charge in [0.1, 0.15) is 6.33 Å². The standard InChI is InChI=1S/C16H15BrN4/c1-21-11-19-20-16(21)13-5-3-7-15(9-13)18-10-12-4-2-6-14(17)8-12/h2-9,11,18H,10H2,1H3. The third-order valence-corrected chi connectivity index (χ3v) is 3.71. The second-order valence-corrected chi connectivity index (χ2v) is 5.75. The Morgan fingerprint density at radius 2 is 2.00 bits per heavy atom. The van der Waals surface area contributed by atoms with Gasteiger partial charge in [0.05, 0.1) is 0 Å². The van der Waals surface area contributed by atoms with Crippen LogP contribution in [0.3, 0.4) is 0 Å². The Labute approximate surface area is 132 Å². The van der Waals surface area contributed by atoms with E-state index in [-0.39, 0.29) is 0 Å². The number of aryl methyl sites for hydroxylation is 1. The summed E-state index contributed by atoms with van der Waals surface area (Å²) in [7, 11) is 1.94. The molecule has 3 aromatic rings. The van der Waals surface area contributed by atoms with Crippen LogP contribution in [0.15, 0.2) is 59.3 Å². The van der Waals surface area contributed by atoms with Crippen LogP contribution in [0.5, 0.6) is 0 Å². The number of rotatable bonds is 4. The maximum Gasteiger partial charge on any atom is 0.163 e. The molecule has 2 aromatic carbocycles. The summed E-state index contributed by atoms with van der Waals surface area (Å²) in [6.45, 7) is 0.779. The summed E-state index contributed by atoms with van der Waals surface area (Å²) in [4.78, 5) is 0. The SMILES string of the molecule is Cn1cnnc1-c1cccc(NCc2cccc(Br)c2)c1. The number of benzene rings is 2. The molecule has 1 N–H and O–H groups in total. The van der Waals surface area contributed by atoms with Gasteiger partial charge in [-0.15, -0.1) is 10.2 Å². The highest BCUT2D eigenvalue weighted by Crippen LogP contribution is 2.21. The van der Waals surface area contributed by atoms with Crippen molar-refractivity contribution in [2.24, 2.45) is 7.05 Å². The van der Waals surface area contributed by atoms with Gasteiger partial charge in [0.2, 0.25) is 0 Å². The molecule has 0 saturated carbocycles. The number of hydrogen-bond acceptors (Lipinski definition) is 3. The first-order valence-corrected chi connectivity index (χ1v) is 7.44. The van der Waals surface area contributed by atoms with E-state index in [1.165, 1.54) is 5.56 Å². The lowest BCUT2D eigenvalue weighted by molar-refractivity contribution is 0.920. The van der Waals surface area contributed by atoms with E-state index in [1.54, 1.807) is 6.33 Å². The summed E-state index contributed by atoms with van der Waals surface area (Å²) >= 11 is 3.49. The zero-order valence-electron chi connectivity index (χ0n) is 11.6. The lowest BCUT2D eigenvalue weighted by atomic mass is 10.1. The van der Waals surface area contributed by atoms with Gasteiger partial charge in [0.25, 0.3) is 0 Å². The molecule has 21 heavy (non-hydrogen) atoms. The third-order valence-electron chi connectivity index (χ3n) is 3.22. The second-order valence-electron chi connectivity index (χ2n) is 4.83. The van der Waals surface area contributed by atoms with E-state index in [1.807, 2.05) is 35.9 Å². The van der Waals surface area contributed by atoms with Crippen LogP contribution in [0.25, 0.3) is 11.4 Å². The van der Waals surface area contributed by atoms with Crippen LogP contribution in [-0.2, 0) is 13.6 Å². The van der Waals surface area contributed by atoms with Crippen molar-refractivity contribution in [1.29, 1.82) is 0 Å². The van der Waals surface area contributed by atoms with Crippen molar-refractivity contribution in [3.8, 4) is 11.4 Å². The lowest BCUT2D eigenvalue weighted by Gasteiger charge is -2.08. The van der Waals surface area contributed by atoms with E-state index in [0.29, 0.717) is 0 Å². The topological polar surface area (TPSA) is 42.7 Å². The van der Waals surface area contributed by atoms with Gasteiger partial charge in [0.15, 0.2) is 5.82 Å². The molecule has 3 rings (SSSR count). The molecule has 0 radical (unpaired) electrons. The molecule has 0 aliphatic rings. The largest absolute Gasteiger partial charge is 0.381 e. The van der Waals surface area contributed by atoms with Crippen molar-refractivity contribution in [3.63, 3.8) is 0 Å². The van der Waals surface area contributed by atoms with Gasteiger partial charge in [-0.05, 0) is 29.8 Å². The zero-order valence-corrected chi connectivity index (χ0v) is 13.2. The molecule has 0 aliphatic carbocycles. The minimum Gasteiger partial charge on any atom is -0.381 e. The van der Waals surface area contributed by atoms with Gasteiger partial charge >= 0.3 is 0 Å². The Morgan fingerprint density at radius 3 is 2.76 bits per heavy atom. The summed E-state index contributed by atoms with van der Waals surface area (Å²) in [6.07, 6.45) is 1.71. The maximum atomic E-state index is 4.14. The Hall–Kier alpha value is -2.14. The highest BCUT2D eigenvalue weighted by atomic mass is 79.9. The van der Waals surface area contributed by atoms with E-state index in [2.05, 4.69) is 55.7 Å². The molecular formula is C16H15BrN4. The first-order chi connectivity index (χ1) is 10.2. The van der Waals surface area contributed by atoms with Crippen LogP contribution < -0.4 is 5.32 Å². The quantitative estimate of drug-likeness (QED) is 0.782. The van der Waals surface area contributed by atoms with Crippen molar-refractivity contribution >= 4 is 21.6 Å². The van der Waals surface area contributed by atoms with E-state index in [9.17, 15) is 0 Å². The number of nitrogens with one attached hydrogen (secondary N) is 1. The third kappa shape index (κ3) is 3.31. The summed E-state index contributed by atoms with van der Waals surface area (Å²) in [6, 6.07) is 16.5. The van der Waals surface area contributed by atoms with Crippen LogP contribution >= 0.6 is 15.9 Å². The molecule has 1 heterocycles. The molecule has 4 nitrogen and oxygen atoms in total. The fourth-order valence-electron chi connectivity index (χ4n) is 2.16. The average Bonchev–Trinajstić information content (AvgIpc) is 2.92. The number of nitrogens with zero attached hydrogens (tertiary/aromatic N) is 3. The molecule has 0 bridgehead atoms. The predicted molar refractivity (Wildman–Crippen MR) is 87.9 cm³/mol. The Kier molecular flexibility index (Phi) is 4.01. The fraction of sp³-hybridized carbons (Fsp3) is 0.125. The number of halogens is 1. The molecule has 0 unspecified atom stereocenters. The van der Waals surface area contributed by atoms with Crippen molar-refractivity contribution in [3.05, 3.63) is 64.9 Å². The summed E-state index contributed by atoms with van der Waals surface area (Å²) in [5.41, 5.74) is 3.35. The van der Waals surface area contributed by atoms with Crippen LogP contribution in [0, 0.1) is 0 Å². The first-order valence-electron chi connectivity index (χ1n) is 6.65. The smallest absolute Gasteiger partial charge is 0.163 e. The number of anilines is 1. The van der Waals surface area contributed by atoms with Crippen molar-refractivity contribution in [2.75, 3.05) is 5.32 Å². The van der Waals surface area contributed by atoms with Gasteiger partial charge in [0, 0.05) is 29.3 Å². The van der Waals surface area contributed by atoms with E-state index < -0.39 is 0 Å². The van der Waals surface area contributed by atoms with E-state index >= 15 is 0 Å². The van der Waals surface area contributed by atoms with Gasteiger partial charge in [-0.3, -0.25) is 0 Å². The van der Waals surface area contributed by atoms with Crippen molar-refractivity contribution in [1.82, 2.24) is 14.8 Å². The van der Waals surface area contributed by atoms with Gasteiger partial charge in [-0.2, -0.15) is 0 Å². The molecule has 0 saturated heterocycles. The predicted octanol–water partition coefficient (Wildman–Crippen LogP) is 3.86. The van der Waals surface area contributed by atoms with Crippen LogP contribution in [0.2, 0.25) is 0 Å².